The van der Waals surface area contributed by atoms with Crippen LogP contribution in [-0.2, 0) is 9.59 Å². The molecule has 0 aliphatic carbocycles. The van der Waals surface area contributed by atoms with Crippen molar-refractivity contribution in [2.45, 2.75) is 59.4 Å². The van der Waals surface area contributed by atoms with E-state index in [4.69, 9.17) is 0 Å². The van der Waals surface area contributed by atoms with Crippen LogP contribution in [0.2, 0.25) is 0 Å². The molecule has 134 valence electrons. The number of likely N-dealkylation sites (tertiary alicyclic amines) is 1. The van der Waals surface area contributed by atoms with Crippen molar-refractivity contribution in [2.24, 2.45) is 11.0 Å². The molecule has 25 heavy (non-hydrogen) atoms. The smallest absolute Gasteiger partial charge is 0.270 e. The fraction of sp³-hybridized carbons (Fsp3) is 0.550. The van der Waals surface area contributed by atoms with Gasteiger partial charge in [-0.25, -0.2) is 5.01 Å². The first-order chi connectivity index (χ1) is 11.9. The fourth-order valence-electron chi connectivity index (χ4n) is 3.80. The van der Waals surface area contributed by atoms with Gasteiger partial charge >= 0.3 is 0 Å². The number of rotatable bonds is 3. The van der Waals surface area contributed by atoms with Crippen LogP contribution in [0.3, 0.4) is 0 Å². The first kappa shape index (κ1) is 17.6. The minimum Gasteiger partial charge on any atom is -0.334 e. The lowest BCUT2D eigenvalue weighted by atomic mass is 10.1. The van der Waals surface area contributed by atoms with E-state index in [1.807, 2.05) is 36.9 Å². The normalized spacial score (nSPS) is 23.8. The summed E-state index contributed by atoms with van der Waals surface area (Å²) in [7, 11) is 0. The average molecular weight is 341 g/mol. The number of aryl methyl sites for hydroxylation is 2. The van der Waals surface area contributed by atoms with Gasteiger partial charge in [-0.15, -0.1) is 0 Å². The monoisotopic (exact) mass is 341 g/mol. The maximum atomic E-state index is 13.0. The lowest BCUT2D eigenvalue weighted by Crippen LogP contribution is -2.43. The van der Waals surface area contributed by atoms with Gasteiger partial charge in [-0.05, 0) is 49.8 Å². The summed E-state index contributed by atoms with van der Waals surface area (Å²) in [6.07, 6.45) is 2.77. The van der Waals surface area contributed by atoms with Gasteiger partial charge in [0.25, 0.3) is 5.91 Å². The molecule has 2 atom stereocenters. The molecule has 0 unspecified atom stereocenters. The number of hydrogen-bond donors (Lipinski definition) is 0. The number of nitrogens with zero attached hydrogens (tertiary/aromatic N) is 3. The average Bonchev–Trinajstić information content (AvgIpc) is 2.98. The van der Waals surface area contributed by atoms with Gasteiger partial charge in [-0.3, -0.25) is 9.59 Å². The van der Waals surface area contributed by atoms with E-state index in [9.17, 15) is 9.59 Å². The maximum Gasteiger partial charge on any atom is 0.270 e. The summed E-state index contributed by atoms with van der Waals surface area (Å²) in [5.41, 5.74) is 3.34. The van der Waals surface area contributed by atoms with Crippen molar-refractivity contribution in [2.75, 3.05) is 11.6 Å². The van der Waals surface area contributed by atoms with Crippen LogP contribution >= 0.6 is 0 Å². The van der Waals surface area contributed by atoms with Crippen LogP contribution in [0.25, 0.3) is 0 Å². The molecule has 0 spiro atoms. The molecule has 1 fully saturated rings. The van der Waals surface area contributed by atoms with Gasteiger partial charge in [0.1, 0.15) is 5.71 Å². The molecule has 1 saturated heterocycles. The Morgan fingerprint density at radius 2 is 2.04 bits per heavy atom. The van der Waals surface area contributed by atoms with Crippen molar-refractivity contribution in [3.05, 3.63) is 29.3 Å². The van der Waals surface area contributed by atoms with E-state index in [1.165, 1.54) is 5.01 Å². The predicted molar refractivity (Wildman–Crippen MR) is 99.6 cm³/mol. The largest absolute Gasteiger partial charge is 0.334 e. The van der Waals surface area contributed by atoms with Crippen molar-refractivity contribution in [1.82, 2.24) is 4.90 Å². The van der Waals surface area contributed by atoms with Gasteiger partial charge in [-0.2, -0.15) is 5.10 Å². The Kier molecular flexibility index (Phi) is 4.93. The molecule has 1 aromatic carbocycles. The quantitative estimate of drug-likeness (QED) is 0.846. The van der Waals surface area contributed by atoms with Crippen molar-refractivity contribution in [1.29, 1.82) is 0 Å². The highest BCUT2D eigenvalue weighted by molar-refractivity contribution is 6.40. The topological polar surface area (TPSA) is 53.0 Å². The Balaban J connectivity index is 1.90. The van der Waals surface area contributed by atoms with Crippen LogP contribution < -0.4 is 5.01 Å². The highest BCUT2D eigenvalue weighted by atomic mass is 16.2. The Labute approximate surface area is 149 Å². The minimum atomic E-state index is -0.0490. The van der Waals surface area contributed by atoms with Crippen LogP contribution in [-0.4, -0.2) is 35.0 Å². The zero-order chi connectivity index (χ0) is 18.1. The summed E-state index contributed by atoms with van der Waals surface area (Å²) < 4.78 is 0. The summed E-state index contributed by atoms with van der Waals surface area (Å²) in [5, 5.41) is 5.91. The molecule has 5 heteroatoms. The summed E-state index contributed by atoms with van der Waals surface area (Å²) in [5.74, 6) is 0.473. The first-order valence-electron chi connectivity index (χ1n) is 9.19. The molecule has 0 N–H and O–H groups in total. The van der Waals surface area contributed by atoms with Crippen LogP contribution in [0, 0.1) is 19.8 Å². The van der Waals surface area contributed by atoms with Crippen molar-refractivity contribution in [3.63, 3.8) is 0 Å². The van der Waals surface area contributed by atoms with Crippen molar-refractivity contribution >= 4 is 23.2 Å². The lowest BCUT2D eigenvalue weighted by molar-refractivity contribution is -0.125. The fourth-order valence-corrected chi connectivity index (χ4v) is 3.80. The SMILES string of the molecule is CC[C@H]1C[C@@H](C)CN1C(=O)C1=NN(c2cc(C)ccc2C)C(=O)CC1. The van der Waals surface area contributed by atoms with Crippen molar-refractivity contribution < 1.29 is 9.59 Å². The number of carbonyl (C=O) groups excluding carboxylic acids is 2. The number of benzene rings is 1. The zero-order valence-electron chi connectivity index (χ0n) is 15.6. The second-order valence-corrected chi connectivity index (χ2v) is 7.40. The minimum absolute atomic E-state index is 0.000920. The van der Waals surface area contributed by atoms with E-state index in [-0.39, 0.29) is 17.9 Å². The van der Waals surface area contributed by atoms with E-state index in [0.717, 1.165) is 36.2 Å². The molecule has 1 aromatic rings. The number of hydrogen-bond acceptors (Lipinski definition) is 3. The highest BCUT2D eigenvalue weighted by Gasteiger charge is 2.36. The van der Waals surface area contributed by atoms with Crippen LogP contribution in [0.4, 0.5) is 5.69 Å². The molecule has 0 saturated carbocycles. The van der Waals surface area contributed by atoms with Gasteiger partial charge in [0.2, 0.25) is 5.91 Å². The molecular formula is C20H27N3O2. The third kappa shape index (κ3) is 3.46. The number of carbonyl (C=O) groups is 2. The lowest BCUT2D eigenvalue weighted by Gasteiger charge is -2.28. The van der Waals surface area contributed by atoms with Gasteiger partial charge in [0, 0.05) is 25.4 Å². The molecule has 5 nitrogen and oxygen atoms in total. The second-order valence-electron chi connectivity index (χ2n) is 7.40. The predicted octanol–water partition coefficient (Wildman–Crippen LogP) is 3.43. The Bertz CT molecular complexity index is 726. The third-order valence-electron chi connectivity index (χ3n) is 5.23. The molecular weight excluding hydrogens is 314 g/mol. The Hall–Kier alpha value is -2.17. The maximum absolute atomic E-state index is 13.0. The second kappa shape index (κ2) is 6.98. The highest BCUT2D eigenvalue weighted by Crippen LogP contribution is 2.28. The van der Waals surface area contributed by atoms with Gasteiger partial charge in [-0.1, -0.05) is 26.0 Å². The number of amides is 2. The van der Waals surface area contributed by atoms with Crippen LogP contribution in [0.5, 0.6) is 0 Å². The summed E-state index contributed by atoms with van der Waals surface area (Å²) in [6, 6.07) is 6.24. The molecule has 0 bridgehead atoms. The third-order valence-corrected chi connectivity index (χ3v) is 5.23. The standard InChI is InChI=1S/C20H27N3O2/c1-5-16-10-14(3)12-22(16)20(25)17-8-9-19(24)23(21-17)18-11-13(2)6-7-15(18)4/h6-7,11,14,16H,5,8-10,12H2,1-4H3/t14-,16+/m1/s1. The van der Waals surface area contributed by atoms with E-state index in [0.29, 0.717) is 24.5 Å². The number of hydrazone groups is 1. The van der Waals surface area contributed by atoms with Crippen LogP contribution in [0.1, 0.15) is 50.7 Å². The summed E-state index contributed by atoms with van der Waals surface area (Å²) in [6.45, 7) is 9.05. The van der Waals surface area contributed by atoms with Crippen LogP contribution in [0.15, 0.2) is 23.3 Å². The zero-order valence-corrected chi connectivity index (χ0v) is 15.6. The Morgan fingerprint density at radius 3 is 2.76 bits per heavy atom. The molecule has 2 amide bonds. The van der Waals surface area contributed by atoms with E-state index < -0.39 is 0 Å². The molecule has 3 rings (SSSR count). The molecule has 2 aliphatic heterocycles. The van der Waals surface area contributed by atoms with Gasteiger partial charge in [0.15, 0.2) is 0 Å². The van der Waals surface area contributed by atoms with Gasteiger partial charge in [0.05, 0.1) is 5.69 Å². The number of anilines is 1. The van der Waals surface area contributed by atoms with E-state index in [1.54, 1.807) is 0 Å². The van der Waals surface area contributed by atoms with E-state index in [2.05, 4.69) is 18.9 Å². The van der Waals surface area contributed by atoms with Gasteiger partial charge < -0.3 is 4.90 Å². The summed E-state index contributed by atoms with van der Waals surface area (Å²) in [4.78, 5) is 27.4. The Morgan fingerprint density at radius 1 is 1.28 bits per heavy atom. The van der Waals surface area contributed by atoms with E-state index >= 15 is 0 Å². The van der Waals surface area contributed by atoms with Crippen molar-refractivity contribution in [3.8, 4) is 0 Å². The molecule has 0 radical (unpaired) electrons. The first-order valence-corrected chi connectivity index (χ1v) is 9.19. The summed E-state index contributed by atoms with van der Waals surface area (Å²) >= 11 is 0. The molecule has 2 heterocycles. The molecule has 2 aliphatic rings. The molecule has 0 aromatic heterocycles.